The highest BCUT2D eigenvalue weighted by Crippen LogP contribution is 2.38. The van der Waals surface area contributed by atoms with Gasteiger partial charge in [0.05, 0.1) is 5.69 Å². The first kappa shape index (κ1) is 18.8. The van der Waals surface area contributed by atoms with E-state index >= 15 is 0 Å². The number of fused-ring (bicyclic) bond motifs is 1. The van der Waals surface area contributed by atoms with Crippen LogP contribution in [0.25, 0.3) is 0 Å². The second-order valence-corrected chi connectivity index (χ2v) is 8.69. The third-order valence-corrected chi connectivity index (χ3v) is 6.94. The summed E-state index contributed by atoms with van der Waals surface area (Å²) in [6, 6.07) is 5.63. The largest absolute Gasteiger partial charge is 0.351 e. The molecule has 7 heteroatoms. The lowest BCUT2D eigenvalue weighted by Crippen LogP contribution is -2.46. The van der Waals surface area contributed by atoms with Gasteiger partial charge in [0.25, 0.3) is 11.8 Å². The SMILES string of the molecule is O=C(NCCN1CCCC1)c1ccc2c(c1)NC(=O)C(N1CCCCC1)S2. The highest BCUT2D eigenvalue weighted by atomic mass is 32.2. The van der Waals surface area contributed by atoms with Crippen molar-refractivity contribution < 1.29 is 9.59 Å². The summed E-state index contributed by atoms with van der Waals surface area (Å²) in [5, 5.41) is 5.86. The minimum atomic E-state index is -0.155. The summed E-state index contributed by atoms with van der Waals surface area (Å²) in [5.41, 5.74) is 1.36. The first-order valence-corrected chi connectivity index (χ1v) is 10.9. The number of likely N-dealkylation sites (tertiary alicyclic amines) is 2. The maximum atomic E-state index is 12.6. The average molecular weight is 389 g/mol. The molecule has 0 bridgehead atoms. The van der Waals surface area contributed by atoms with Crippen molar-refractivity contribution in [3.8, 4) is 0 Å². The van der Waals surface area contributed by atoms with Crippen LogP contribution in [0.1, 0.15) is 42.5 Å². The normalized spacial score (nSPS) is 23.7. The summed E-state index contributed by atoms with van der Waals surface area (Å²) >= 11 is 1.60. The molecular formula is C20H28N4O2S. The van der Waals surface area contributed by atoms with Crippen molar-refractivity contribution in [3.63, 3.8) is 0 Å². The molecule has 2 fully saturated rings. The number of nitrogens with one attached hydrogen (secondary N) is 2. The van der Waals surface area contributed by atoms with Gasteiger partial charge in [-0.1, -0.05) is 18.2 Å². The van der Waals surface area contributed by atoms with Crippen LogP contribution in [0.5, 0.6) is 0 Å². The van der Waals surface area contributed by atoms with E-state index in [1.807, 2.05) is 12.1 Å². The van der Waals surface area contributed by atoms with Gasteiger partial charge in [0.1, 0.15) is 5.37 Å². The summed E-state index contributed by atoms with van der Waals surface area (Å²) in [6.45, 7) is 5.80. The Kier molecular flexibility index (Phi) is 6.00. The van der Waals surface area contributed by atoms with E-state index in [0.717, 1.165) is 56.1 Å². The van der Waals surface area contributed by atoms with E-state index < -0.39 is 0 Å². The molecule has 1 unspecified atom stereocenters. The molecule has 2 saturated heterocycles. The monoisotopic (exact) mass is 388 g/mol. The van der Waals surface area contributed by atoms with Crippen LogP contribution < -0.4 is 10.6 Å². The molecule has 1 aromatic rings. The fourth-order valence-corrected chi connectivity index (χ4v) is 5.22. The van der Waals surface area contributed by atoms with Crippen molar-refractivity contribution in [3.05, 3.63) is 23.8 Å². The van der Waals surface area contributed by atoms with Crippen molar-refractivity contribution >= 4 is 29.3 Å². The van der Waals surface area contributed by atoms with Crippen LogP contribution in [-0.4, -0.2) is 66.3 Å². The van der Waals surface area contributed by atoms with E-state index in [1.54, 1.807) is 17.8 Å². The van der Waals surface area contributed by atoms with E-state index in [2.05, 4.69) is 20.4 Å². The highest BCUT2D eigenvalue weighted by Gasteiger charge is 2.33. The Morgan fingerprint density at radius 1 is 1.11 bits per heavy atom. The maximum Gasteiger partial charge on any atom is 0.252 e. The molecule has 146 valence electrons. The molecule has 27 heavy (non-hydrogen) atoms. The molecular weight excluding hydrogens is 360 g/mol. The van der Waals surface area contributed by atoms with E-state index in [-0.39, 0.29) is 17.2 Å². The topological polar surface area (TPSA) is 64.7 Å². The quantitative estimate of drug-likeness (QED) is 0.811. The molecule has 1 aromatic carbocycles. The van der Waals surface area contributed by atoms with Gasteiger partial charge in [-0.15, -0.1) is 0 Å². The highest BCUT2D eigenvalue weighted by molar-refractivity contribution is 8.00. The molecule has 0 aliphatic carbocycles. The lowest BCUT2D eigenvalue weighted by Gasteiger charge is -2.35. The van der Waals surface area contributed by atoms with Gasteiger partial charge in [0, 0.05) is 23.5 Å². The van der Waals surface area contributed by atoms with Crippen molar-refractivity contribution in [1.29, 1.82) is 0 Å². The minimum absolute atomic E-state index is 0.0287. The van der Waals surface area contributed by atoms with Gasteiger partial charge < -0.3 is 15.5 Å². The number of benzene rings is 1. The van der Waals surface area contributed by atoms with Crippen LogP contribution in [-0.2, 0) is 4.79 Å². The van der Waals surface area contributed by atoms with Crippen molar-refractivity contribution in [1.82, 2.24) is 15.1 Å². The molecule has 4 rings (SSSR count). The van der Waals surface area contributed by atoms with Gasteiger partial charge in [-0.2, -0.15) is 0 Å². The number of nitrogens with zero attached hydrogens (tertiary/aromatic N) is 2. The average Bonchev–Trinajstić information content (AvgIpc) is 3.21. The van der Waals surface area contributed by atoms with E-state index in [9.17, 15) is 9.59 Å². The maximum absolute atomic E-state index is 12.6. The molecule has 6 nitrogen and oxygen atoms in total. The van der Waals surface area contributed by atoms with Crippen LogP contribution >= 0.6 is 11.8 Å². The standard InChI is InChI=1S/C20H28N4O2S/c25-18(21-8-13-23-9-4-5-10-23)15-6-7-17-16(14-15)22-19(26)20(27-17)24-11-2-1-3-12-24/h6-7,14,20H,1-5,8-13H2,(H,21,25)(H,22,26). The molecule has 3 heterocycles. The third-order valence-electron chi connectivity index (χ3n) is 5.60. The second-order valence-electron chi connectivity index (χ2n) is 7.57. The molecule has 2 N–H and O–H groups in total. The molecule has 0 spiro atoms. The minimum Gasteiger partial charge on any atom is -0.351 e. The number of thioether (sulfide) groups is 1. The summed E-state index contributed by atoms with van der Waals surface area (Å²) in [4.78, 5) is 30.7. The summed E-state index contributed by atoms with van der Waals surface area (Å²) in [7, 11) is 0. The van der Waals surface area contributed by atoms with Crippen molar-refractivity contribution in [2.75, 3.05) is 44.6 Å². The zero-order valence-electron chi connectivity index (χ0n) is 15.7. The Labute approximate surface area is 165 Å². The van der Waals surface area contributed by atoms with Crippen LogP contribution in [0.3, 0.4) is 0 Å². The number of anilines is 1. The third kappa shape index (κ3) is 4.47. The van der Waals surface area contributed by atoms with E-state index in [1.165, 1.54) is 19.3 Å². The number of hydrogen-bond donors (Lipinski definition) is 2. The van der Waals surface area contributed by atoms with Crippen LogP contribution in [0.15, 0.2) is 23.1 Å². The summed E-state index contributed by atoms with van der Waals surface area (Å²) < 4.78 is 0. The Bertz CT molecular complexity index is 699. The Balaban J connectivity index is 1.36. The molecule has 0 saturated carbocycles. The smallest absolute Gasteiger partial charge is 0.252 e. The number of carbonyl (C=O) groups is 2. The van der Waals surface area contributed by atoms with Crippen LogP contribution in [0.4, 0.5) is 5.69 Å². The zero-order chi connectivity index (χ0) is 18.6. The first-order valence-electron chi connectivity index (χ1n) is 10.1. The predicted octanol–water partition coefficient (Wildman–Crippen LogP) is 2.37. The molecule has 3 aliphatic rings. The Hall–Kier alpha value is -1.57. The number of rotatable bonds is 5. The fraction of sp³-hybridized carbons (Fsp3) is 0.600. The van der Waals surface area contributed by atoms with E-state index in [0.29, 0.717) is 12.1 Å². The number of carbonyl (C=O) groups excluding carboxylic acids is 2. The van der Waals surface area contributed by atoms with Gasteiger partial charge >= 0.3 is 0 Å². The number of amides is 2. The van der Waals surface area contributed by atoms with Crippen LogP contribution in [0, 0.1) is 0 Å². The molecule has 0 radical (unpaired) electrons. The van der Waals surface area contributed by atoms with Gasteiger partial charge in [-0.25, -0.2) is 0 Å². The predicted molar refractivity (Wildman–Crippen MR) is 108 cm³/mol. The molecule has 1 atom stereocenters. The lowest BCUT2D eigenvalue weighted by atomic mass is 10.1. The number of hydrogen-bond acceptors (Lipinski definition) is 5. The van der Waals surface area contributed by atoms with Crippen molar-refractivity contribution in [2.24, 2.45) is 0 Å². The second kappa shape index (κ2) is 8.63. The van der Waals surface area contributed by atoms with Gasteiger partial charge in [-0.3, -0.25) is 14.5 Å². The molecule has 3 aliphatic heterocycles. The summed E-state index contributed by atoms with van der Waals surface area (Å²) in [6.07, 6.45) is 6.09. The Morgan fingerprint density at radius 3 is 2.63 bits per heavy atom. The zero-order valence-corrected chi connectivity index (χ0v) is 16.5. The van der Waals surface area contributed by atoms with Gasteiger partial charge in [0.2, 0.25) is 0 Å². The fourth-order valence-electron chi connectivity index (χ4n) is 4.07. The summed E-state index contributed by atoms with van der Waals surface area (Å²) in [5.74, 6) is -0.0459. The van der Waals surface area contributed by atoms with Crippen LogP contribution in [0.2, 0.25) is 0 Å². The Morgan fingerprint density at radius 2 is 1.85 bits per heavy atom. The molecule has 2 amide bonds. The first-order chi connectivity index (χ1) is 13.2. The van der Waals surface area contributed by atoms with E-state index in [4.69, 9.17) is 0 Å². The van der Waals surface area contributed by atoms with Gasteiger partial charge in [0.15, 0.2) is 0 Å². The molecule has 0 aromatic heterocycles. The number of piperidine rings is 1. The van der Waals surface area contributed by atoms with Crippen molar-refractivity contribution in [2.45, 2.75) is 42.4 Å². The lowest BCUT2D eigenvalue weighted by molar-refractivity contribution is -0.118. The van der Waals surface area contributed by atoms with Gasteiger partial charge in [-0.05, 0) is 70.1 Å².